The molecular formula is C26H20F3N5. The molecule has 0 radical (unpaired) electrons. The quantitative estimate of drug-likeness (QED) is 0.365. The lowest BCUT2D eigenvalue weighted by molar-refractivity contribution is -0.137. The van der Waals surface area contributed by atoms with Crippen molar-refractivity contribution < 1.29 is 13.2 Å². The Morgan fingerprint density at radius 1 is 0.853 bits per heavy atom. The molecule has 2 N–H and O–H groups in total. The van der Waals surface area contributed by atoms with E-state index in [9.17, 15) is 13.2 Å². The van der Waals surface area contributed by atoms with Crippen LogP contribution in [0.15, 0.2) is 84.7 Å². The van der Waals surface area contributed by atoms with Crippen molar-refractivity contribution in [3.8, 4) is 22.5 Å². The fraction of sp³-hybridized carbons (Fsp3) is 0.115. The second kappa shape index (κ2) is 8.62. The van der Waals surface area contributed by atoms with Gasteiger partial charge in [-0.1, -0.05) is 36.4 Å². The fourth-order valence-electron chi connectivity index (χ4n) is 3.95. The van der Waals surface area contributed by atoms with Gasteiger partial charge in [0.05, 0.1) is 22.6 Å². The molecule has 0 amide bonds. The standard InChI is InChI=1S/C26H20F3N5/c1-16-15-31-21-9-5-3-7-19(21)24(16)34-25-32-22(17-10-12-30-13-11-17)14-23(33-25)18-6-2-4-8-20(18)26(27,28)29/h2-14,31H,15H2,1H3,(H,32,33,34). The summed E-state index contributed by atoms with van der Waals surface area (Å²) in [6.45, 7) is 2.62. The van der Waals surface area contributed by atoms with Crippen LogP contribution in [0.3, 0.4) is 0 Å². The summed E-state index contributed by atoms with van der Waals surface area (Å²) in [5.41, 5.74) is 4.41. The topological polar surface area (TPSA) is 62.7 Å². The van der Waals surface area contributed by atoms with Crippen LogP contribution in [0.5, 0.6) is 0 Å². The zero-order valence-corrected chi connectivity index (χ0v) is 18.2. The van der Waals surface area contributed by atoms with Crippen molar-refractivity contribution in [2.75, 3.05) is 17.2 Å². The molecule has 0 unspecified atom stereocenters. The van der Waals surface area contributed by atoms with Gasteiger partial charge >= 0.3 is 6.18 Å². The van der Waals surface area contributed by atoms with Crippen LogP contribution < -0.4 is 10.6 Å². The van der Waals surface area contributed by atoms with Crippen molar-refractivity contribution in [3.05, 3.63) is 95.8 Å². The number of anilines is 2. The maximum atomic E-state index is 13.8. The first-order valence-electron chi connectivity index (χ1n) is 10.7. The van der Waals surface area contributed by atoms with Gasteiger partial charge in [0.25, 0.3) is 0 Å². The number of halogens is 3. The normalized spacial score (nSPS) is 13.3. The summed E-state index contributed by atoms with van der Waals surface area (Å²) in [4.78, 5) is 13.2. The third-order valence-corrected chi connectivity index (χ3v) is 5.61. The molecule has 170 valence electrons. The van der Waals surface area contributed by atoms with Crippen LogP contribution in [0.1, 0.15) is 18.1 Å². The first-order valence-corrected chi connectivity index (χ1v) is 10.7. The number of hydrogen-bond donors (Lipinski definition) is 2. The Bertz CT molecular complexity index is 1380. The highest BCUT2D eigenvalue weighted by Gasteiger charge is 2.34. The van der Waals surface area contributed by atoms with Crippen molar-refractivity contribution in [2.45, 2.75) is 13.1 Å². The van der Waals surface area contributed by atoms with Gasteiger partial charge in [-0.25, -0.2) is 9.97 Å². The van der Waals surface area contributed by atoms with Gasteiger partial charge in [-0.3, -0.25) is 4.98 Å². The monoisotopic (exact) mass is 459 g/mol. The van der Waals surface area contributed by atoms with E-state index in [1.807, 2.05) is 31.2 Å². The first kappa shape index (κ1) is 21.6. The molecule has 3 heterocycles. The van der Waals surface area contributed by atoms with E-state index in [0.717, 1.165) is 34.2 Å². The van der Waals surface area contributed by atoms with Gasteiger partial charge in [-0.05, 0) is 42.8 Å². The molecule has 34 heavy (non-hydrogen) atoms. The average Bonchev–Trinajstić information content (AvgIpc) is 2.86. The van der Waals surface area contributed by atoms with Crippen LogP contribution in [-0.2, 0) is 6.18 Å². The van der Waals surface area contributed by atoms with Crippen molar-refractivity contribution in [1.82, 2.24) is 15.0 Å². The van der Waals surface area contributed by atoms with Crippen LogP contribution in [0.4, 0.5) is 24.8 Å². The second-order valence-corrected chi connectivity index (χ2v) is 7.92. The molecule has 0 fully saturated rings. The predicted octanol–water partition coefficient (Wildman–Crippen LogP) is 6.49. The number of aromatic nitrogens is 3. The molecule has 0 bridgehead atoms. The number of rotatable bonds is 4. The second-order valence-electron chi connectivity index (χ2n) is 7.92. The SMILES string of the molecule is CC1=C(Nc2nc(-c3ccncc3)cc(-c3ccccc3C(F)(F)F)n2)c2ccccc2NC1. The number of pyridine rings is 1. The zero-order valence-electron chi connectivity index (χ0n) is 18.2. The van der Waals surface area contributed by atoms with E-state index in [2.05, 4.69) is 25.6 Å². The molecule has 1 aliphatic rings. The minimum Gasteiger partial charge on any atom is -0.381 e. The molecule has 5 rings (SSSR count). The zero-order chi connectivity index (χ0) is 23.7. The average molecular weight is 459 g/mol. The number of fused-ring (bicyclic) bond motifs is 1. The molecule has 0 aliphatic carbocycles. The largest absolute Gasteiger partial charge is 0.417 e. The summed E-state index contributed by atoms with van der Waals surface area (Å²) in [5.74, 6) is 0.215. The maximum Gasteiger partial charge on any atom is 0.417 e. The Labute approximate surface area is 194 Å². The van der Waals surface area contributed by atoms with E-state index in [1.165, 1.54) is 12.1 Å². The van der Waals surface area contributed by atoms with E-state index in [-0.39, 0.29) is 17.2 Å². The third-order valence-electron chi connectivity index (χ3n) is 5.61. The van der Waals surface area contributed by atoms with Crippen LogP contribution in [-0.4, -0.2) is 21.5 Å². The Morgan fingerprint density at radius 2 is 1.53 bits per heavy atom. The molecule has 8 heteroatoms. The minimum atomic E-state index is -4.51. The summed E-state index contributed by atoms with van der Waals surface area (Å²) >= 11 is 0. The first-order chi connectivity index (χ1) is 16.4. The summed E-state index contributed by atoms with van der Waals surface area (Å²) in [6, 6.07) is 18.3. The highest BCUT2D eigenvalue weighted by atomic mass is 19.4. The Hall–Kier alpha value is -4.20. The Balaban J connectivity index is 1.66. The number of benzene rings is 2. The summed E-state index contributed by atoms with van der Waals surface area (Å²) in [5, 5.41) is 6.64. The summed E-state index contributed by atoms with van der Waals surface area (Å²) in [6.07, 6.45) is -1.29. The van der Waals surface area contributed by atoms with E-state index < -0.39 is 11.7 Å². The molecule has 0 atom stereocenters. The molecule has 0 spiro atoms. The molecule has 2 aromatic heterocycles. The highest BCUT2D eigenvalue weighted by molar-refractivity contribution is 5.87. The van der Waals surface area contributed by atoms with Crippen molar-refractivity contribution >= 4 is 17.3 Å². The van der Waals surface area contributed by atoms with E-state index in [1.54, 1.807) is 36.7 Å². The van der Waals surface area contributed by atoms with Gasteiger partial charge in [0.1, 0.15) is 0 Å². The number of hydrogen-bond acceptors (Lipinski definition) is 5. The van der Waals surface area contributed by atoms with Gasteiger partial charge in [-0.15, -0.1) is 0 Å². The molecule has 0 saturated carbocycles. The lowest BCUT2D eigenvalue weighted by Gasteiger charge is -2.24. The molecule has 2 aromatic carbocycles. The van der Waals surface area contributed by atoms with Crippen LogP contribution >= 0.6 is 0 Å². The number of nitrogens with one attached hydrogen (secondary N) is 2. The van der Waals surface area contributed by atoms with Gasteiger partial charge in [0.15, 0.2) is 0 Å². The van der Waals surface area contributed by atoms with Crippen LogP contribution in [0.25, 0.3) is 28.2 Å². The molecule has 4 aromatic rings. The third kappa shape index (κ3) is 4.22. The van der Waals surface area contributed by atoms with Gasteiger partial charge in [0.2, 0.25) is 5.95 Å². The van der Waals surface area contributed by atoms with E-state index in [0.29, 0.717) is 12.2 Å². The Kier molecular flexibility index (Phi) is 5.49. The lowest BCUT2D eigenvalue weighted by atomic mass is 10.0. The van der Waals surface area contributed by atoms with E-state index >= 15 is 0 Å². The smallest absolute Gasteiger partial charge is 0.381 e. The van der Waals surface area contributed by atoms with Gasteiger partial charge < -0.3 is 10.6 Å². The molecule has 0 saturated heterocycles. The molecular weight excluding hydrogens is 439 g/mol. The minimum absolute atomic E-state index is 0.00725. The maximum absolute atomic E-state index is 13.8. The lowest BCUT2D eigenvalue weighted by Crippen LogP contribution is -2.17. The Morgan fingerprint density at radius 3 is 2.29 bits per heavy atom. The number of nitrogens with zero attached hydrogens (tertiary/aromatic N) is 3. The van der Waals surface area contributed by atoms with Crippen LogP contribution in [0.2, 0.25) is 0 Å². The molecule has 5 nitrogen and oxygen atoms in total. The highest BCUT2D eigenvalue weighted by Crippen LogP contribution is 2.38. The summed E-state index contributed by atoms with van der Waals surface area (Å²) < 4.78 is 41.3. The van der Waals surface area contributed by atoms with Crippen molar-refractivity contribution in [3.63, 3.8) is 0 Å². The van der Waals surface area contributed by atoms with Crippen LogP contribution in [0, 0.1) is 0 Å². The molecule has 1 aliphatic heterocycles. The number of para-hydroxylation sites is 1. The van der Waals surface area contributed by atoms with Crippen molar-refractivity contribution in [2.24, 2.45) is 0 Å². The van der Waals surface area contributed by atoms with E-state index in [4.69, 9.17) is 0 Å². The van der Waals surface area contributed by atoms with Gasteiger partial charge in [-0.2, -0.15) is 13.2 Å². The van der Waals surface area contributed by atoms with Crippen molar-refractivity contribution in [1.29, 1.82) is 0 Å². The summed E-state index contributed by atoms with van der Waals surface area (Å²) in [7, 11) is 0. The number of alkyl halides is 3. The van der Waals surface area contributed by atoms with Gasteiger partial charge in [0, 0.05) is 41.3 Å². The fourth-order valence-corrected chi connectivity index (χ4v) is 3.95. The predicted molar refractivity (Wildman–Crippen MR) is 127 cm³/mol.